The molecule has 2 spiro atoms. The average molecular weight is 479 g/mol. The number of hydrogen-bond acceptors (Lipinski definition) is 3. The predicted molar refractivity (Wildman–Crippen MR) is 137 cm³/mol. The van der Waals surface area contributed by atoms with Gasteiger partial charge >= 0.3 is 0 Å². The van der Waals surface area contributed by atoms with Gasteiger partial charge in [-0.15, -0.1) is 11.3 Å². The molecule has 3 nitrogen and oxygen atoms in total. The highest BCUT2D eigenvalue weighted by Crippen LogP contribution is 2.66. The first kappa shape index (κ1) is 21.6. The quantitative estimate of drug-likeness (QED) is 0.348. The van der Waals surface area contributed by atoms with Crippen LogP contribution in [0, 0.1) is 13.8 Å². The van der Waals surface area contributed by atoms with E-state index in [2.05, 4.69) is 24.0 Å². The number of halogens is 1. The first-order chi connectivity index (χ1) is 16.0. The highest BCUT2D eigenvalue weighted by molar-refractivity contribution is 7.21. The maximum atomic E-state index is 14.5. The molecule has 3 heterocycles. The van der Waals surface area contributed by atoms with E-state index in [1.165, 1.54) is 64.2 Å². The Labute approximate surface area is 205 Å². The van der Waals surface area contributed by atoms with Crippen LogP contribution >= 0.6 is 22.9 Å². The maximum absolute atomic E-state index is 14.5. The van der Waals surface area contributed by atoms with Crippen molar-refractivity contribution in [2.24, 2.45) is 0 Å². The Balaban J connectivity index is 1.54. The molecule has 172 valence electrons. The third-order valence-corrected chi connectivity index (χ3v) is 10.3. The predicted octanol–water partition coefficient (Wildman–Crippen LogP) is 8.10. The summed E-state index contributed by atoms with van der Waals surface area (Å²) in [5.74, 6) is 0.230. The Hall–Kier alpha value is -1.91. The van der Waals surface area contributed by atoms with Gasteiger partial charge in [0.25, 0.3) is 5.91 Å². The summed E-state index contributed by atoms with van der Waals surface area (Å²) >= 11 is 8.23. The zero-order valence-corrected chi connectivity index (χ0v) is 21.1. The molecule has 1 amide bonds. The number of thiophene rings is 1. The van der Waals surface area contributed by atoms with Gasteiger partial charge in [0, 0.05) is 10.9 Å². The molecule has 33 heavy (non-hydrogen) atoms. The molecule has 2 aliphatic carbocycles. The Kier molecular flexibility index (Phi) is 5.12. The fourth-order valence-electron chi connectivity index (χ4n) is 7.17. The van der Waals surface area contributed by atoms with Gasteiger partial charge in [-0.2, -0.15) is 0 Å². The fourth-order valence-corrected chi connectivity index (χ4v) is 8.54. The second-order valence-corrected chi connectivity index (χ2v) is 11.7. The SMILES string of the molecule is Cc1nc2sc(C(=O)N3C4(CCCCC4)C34CCCCC4)c(-c3ccccc3)c2c(C)c1Cl. The van der Waals surface area contributed by atoms with Crippen molar-refractivity contribution in [1.82, 2.24) is 9.88 Å². The zero-order valence-electron chi connectivity index (χ0n) is 19.5. The number of amides is 1. The van der Waals surface area contributed by atoms with Crippen molar-refractivity contribution < 1.29 is 4.79 Å². The van der Waals surface area contributed by atoms with Gasteiger partial charge in [0.15, 0.2) is 0 Å². The normalized spacial score (nSPS) is 21.1. The number of rotatable bonds is 2. The summed E-state index contributed by atoms with van der Waals surface area (Å²) in [5, 5.41) is 1.75. The third-order valence-electron chi connectivity index (χ3n) is 8.67. The number of aromatic nitrogens is 1. The molecule has 1 aromatic carbocycles. The summed E-state index contributed by atoms with van der Waals surface area (Å²) in [6.07, 6.45) is 12.3. The van der Waals surface area contributed by atoms with Gasteiger partial charge in [0.2, 0.25) is 0 Å². The molecule has 1 aliphatic heterocycles. The van der Waals surface area contributed by atoms with Crippen molar-refractivity contribution in [1.29, 1.82) is 0 Å². The Morgan fingerprint density at radius 2 is 1.52 bits per heavy atom. The van der Waals surface area contributed by atoms with E-state index in [0.29, 0.717) is 5.02 Å². The molecule has 0 radical (unpaired) electrons. The van der Waals surface area contributed by atoms with Gasteiger partial charge in [-0.25, -0.2) is 4.98 Å². The Morgan fingerprint density at radius 1 is 0.939 bits per heavy atom. The van der Waals surface area contributed by atoms with Crippen LogP contribution in [0.1, 0.15) is 85.1 Å². The van der Waals surface area contributed by atoms with Gasteiger partial charge in [-0.1, -0.05) is 80.5 Å². The lowest BCUT2D eigenvalue weighted by molar-refractivity contribution is 0.0820. The lowest BCUT2D eigenvalue weighted by Crippen LogP contribution is -2.30. The third kappa shape index (κ3) is 2.99. The van der Waals surface area contributed by atoms with Crippen LogP contribution in [0.5, 0.6) is 0 Å². The lowest BCUT2D eigenvalue weighted by atomic mass is 9.73. The van der Waals surface area contributed by atoms with Crippen molar-refractivity contribution in [3.8, 4) is 11.1 Å². The van der Waals surface area contributed by atoms with Crippen molar-refractivity contribution in [3.63, 3.8) is 0 Å². The van der Waals surface area contributed by atoms with Gasteiger partial charge in [0.1, 0.15) is 9.71 Å². The minimum Gasteiger partial charge on any atom is -0.322 e. The zero-order chi connectivity index (χ0) is 22.8. The number of fused-ring (bicyclic) bond motifs is 2. The summed E-state index contributed by atoms with van der Waals surface area (Å²) in [5.41, 5.74) is 4.14. The summed E-state index contributed by atoms with van der Waals surface area (Å²) < 4.78 is 0. The summed E-state index contributed by atoms with van der Waals surface area (Å²) in [6, 6.07) is 10.4. The largest absolute Gasteiger partial charge is 0.322 e. The van der Waals surface area contributed by atoms with Gasteiger partial charge in [-0.05, 0) is 50.7 Å². The van der Waals surface area contributed by atoms with E-state index < -0.39 is 0 Å². The molecule has 0 atom stereocenters. The first-order valence-electron chi connectivity index (χ1n) is 12.5. The molecule has 0 bridgehead atoms. The van der Waals surface area contributed by atoms with E-state index in [4.69, 9.17) is 16.6 Å². The van der Waals surface area contributed by atoms with E-state index in [-0.39, 0.29) is 17.0 Å². The number of pyridine rings is 1. The second kappa shape index (κ2) is 7.81. The molecular weight excluding hydrogens is 448 g/mol. The summed E-state index contributed by atoms with van der Waals surface area (Å²) in [6.45, 7) is 4.02. The monoisotopic (exact) mass is 478 g/mol. The smallest absolute Gasteiger partial charge is 0.265 e. The molecule has 1 saturated heterocycles. The minimum atomic E-state index is 0.0862. The number of hydrogen-bond donors (Lipinski definition) is 0. The number of carbonyl (C=O) groups is 1. The molecule has 3 aliphatic rings. The van der Waals surface area contributed by atoms with Crippen LogP contribution in [0.15, 0.2) is 30.3 Å². The minimum absolute atomic E-state index is 0.0862. The van der Waals surface area contributed by atoms with E-state index in [0.717, 1.165) is 37.5 Å². The van der Waals surface area contributed by atoms with Crippen LogP contribution in [0.4, 0.5) is 0 Å². The van der Waals surface area contributed by atoms with Crippen molar-refractivity contribution in [2.75, 3.05) is 0 Å². The highest BCUT2D eigenvalue weighted by Gasteiger charge is 2.75. The van der Waals surface area contributed by atoms with E-state index in [1.807, 2.05) is 25.1 Å². The number of benzene rings is 1. The van der Waals surface area contributed by atoms with Crippen LogP contribution in [0.3, 0.4) is 0 Å². The van der Waals surface area contributed by atoms with Crippen molar-refractivity contribution in [2.45, 2.75) is 89.1 Å². The standard InChI is InChI=1S/C28H31ClN2OS/c1-18-21-22(20-12-6-3-7-13-20)24(33-25(21)30-19(2)23(18)29)26(32)31-27(14-8-4-9-15-27)28(31)16-10-5-11-17-28/h3,6-7,12-13H,4-5,8-11,14-17H2,1-2H3. The fraction of sp³-hybridized carbons (Fsp3) is 0.500. The highest BCUT2D eigenvalue weighted by atomic mass is 35.5. The van der Waals surface area contributed by atoms with Crippen LogP contribution in [0.2, 0.25) is 5.02 Å². The van der Waals surface area contributed by atoms with Crippen molar-refractivity contribution >= 4 is 39.1 Å². The van der Waals surface area contributed by atoms with Crippen LogP contribution in [-0.2, 0) is 0 Å². The Morgan fingerprint density at radius 3 is 2.09 bits per heavy atom. The average Bonchev–Trinajstić information content (AvgIpc) is 3.14. The summed E-state index contributed by atoms with van der Waals surface area (Å²) in [4.78, 5) is 23.4. The second-order valence-electron chi connectivity index (χ2n) is 10.3. The Bertz CT molecular complexity index is 1210. The van der Waals surface area contributed by atoms with Gasteiger partial charge < -0.3 is 4.90 Å². The van der Waals surface area contributed by atoms with E-state index in [9.17, 15) is 4.79 Å². The molecule has 2 aromatic heterocycles. The molecule has 0 N–H and O–H groups in total. The van der Waals surface area contributed by atoms with Gasteiger partial charge in [0.05, 0.1) is 21.8 Å². The summed E-state index contributed by atoms with van der Waals surface area (Å²) in [7, 11) is 0. The van der Waals surface area contributed by atoms with Crippen molar-refractivity contribution in [3.05, 3.63) is 51.5 Å². The first-order valence-corrected chi connectivity index (χ1v) is 13.7. The number of nitrogens with zero attached hydrogens (tertiary/aromatic N) is 2. The molecule has 2 saturated carbocycles. The number of carbonyl (C=O) groups excluding carboxylic acids is 1. The topological polar surface area (TPSA) is 33.0 Å². The van der Waals surface area contributed by atoms with E-state index >= 15 is 0 Å². The molecule has 5 heteroatoms. The van der Waals surface area contributed by atoms with Gasteiger partial charge in [-0.3, -0.25) is 4.79 Å². The molecule has 3 fully saturated rings. The molecule has 3 aromatic rings. The van der Waals surface area contributed by atoms with Crippen LogP contribution in [0.25, 0.3) is 21.3 Å². The van der Waals surface area contributed by atoms with Crippen LogP contribution < -0.4 is 0 Å². The molecule has 6 rings (SSSR count). The molecular formula is C28H31ClN2OS. The molecule has 0 unspecified atom stereocenters. The maximum Gasteiger partial charge on any atom is 0.265 e. The lowest BCUT2D eigenvalue weighted by Gasteiger charge is -2.27. The number of aryl methyl sites for hydroxylation is 2. The van der Waals surface area contributed by atoms with Crippen LogP contribution in [-0.4, -0.2) is 26.9 Å². The van der Waals surface area contributed by atoms with E-state index in [1.54, 1.807) is 11.3 Å².